The van der Waals surface area contributed by atoms with Crippen LogP contribution in [0, 0.1) is 0 Å². The highest BCUT2D eigenvalue weighted by molar-refractivity contribution is 5.16. The molecule has 1 unspecified atom stereocenters. The molecule has 3 heteroatoms. The van der Waals surface area contributed by atoms with Gasteiger partial charge in [-0.1, -0.05) is 30.3 Å². The van der Waals surface area contributed by atoms with Gasteiger partial charge in [-0.25, -0.2) is 0 Å². The van der Waals surface area contributed by atoms with E-state index in [0.29, 0.717) is 0 Å². The molecule has 2 aromatic rings. The monoisotopic (exact) mass is 215 g/mol. The SMILES string of the molecule is Cn1cc(C(N)CCc2ccccc2)cn1. The molecule has 0 spiro atoms. The fourth-order valence-corrected chi connectivity index (χ4v) is 1.77. The van der Waals surface area contributed by atoms with Crippen molar-refractivity contribution in [2.24, 2.45) is 12.8 Å². The number of aryl methyl sites for hydroxylation is 2. The van der Waals surface area contributed by atoms with Gasteiger partial charge in [0.25, 0.3) is 0 Å². The topological polar surface area (TPSA) is 43.8 Å². The molecule has 1 atom stereocenters. The van der Waals surface area contributed by atoms with Gasteiger partial charge in [0.1, 0.15) is 0 Å². The minimum atomic E-state index is 0.0777. The molecule has 0 radical (unpaired) electrons. The van der Waals surface area contributed by atoms with E-state index in [1.807, 2.05) is 25.5 Å². The Morgan fingerprint density at radius 3 is 2.69 bits per heavy atom. The van der Waals surface area contributed by atoms with Gasteiger partial charge in [0.2, 0.25) is 0 Å². The van der Waals surface area contributed by atoms with Crippen molar-refractivity contribution >= 4 is 0 Å². The van der Waals surface area contributed by atoms with Gasteiger partial charge in [0.05, 0.1) is 6.20 Å². The maximum Gasteiger partial charge on any atom is 0.0537 e. The fourth-order valence-electron chi connectivity index (χ4n) is 1.77. The minimum Gasteiger partial charge on any atom is -0.324 e. The largest absolute Gasteiger partial charge is 0.324 e. The van der Waals surface area contributed by atoms with Crippen molar-refractivity contribution in [3.05, 3.63) is 53.9 Å². The van der Waals surface area contributed by atoms with Crippen LogP contribution in [0.5, 0.6) is 0 Å². The molecule has 3 nitrogen and oxygen atoms in total. The number of hydrogen-bond acceptors (Lipinski definition) is 2. The molecular formula is C13H17N3. The van der Waals surface area contributed by atoms with Crippen molar-refractivity contribution in [2.75, 3.05) is 0 Å². The van der Waals surface area contributed by atoms with Crippen LogP contribution >= 0.6 is 0 Å². The second kappa shape index (κ2) is 4.94. The molecule has 0 aliphatic heterocycles. The van der Waals surface area contributed by atoms with E-state index in [-0.39, 0.29) is 6.04 Å². The average molecular weight is 215 g/mol. The van der Waals surface area contributed by atoms with Crippen LogP contribution in [0.3, 0.4) is 0 Å². The van der Waals surface area contributed by atoms with Crippen molar-refractivity contribution in [3.8, 4) is 0 Å². The molecule has 1 aromatic heterocycles. The molecule has 84 valence electrons. The molecule has 2 rings (SSSR count). The molecule has 0 saturated heterocycles. The van der Waals surface area contributed by atoms with Crippen LogP contribution < -0.4 is 5.73 Å². The Kier molecular flexibility index (Phi) is 3.37. The summed E-state index contributed by atoms with van der Waals surface area (Å²) in [7, 11) is 1.91. The molecule has 1 heterocycles. The first-order valence-corrected chi connectivity index (χ1v) is 5.54. The molecule has 16 heavy (non-hydrogen) atoms. The number of rotatable bonds is 4. The first-order valence-electron chi connectivity index (χ1n) is 5.54. The standard InChI is InChI=1S/C13H17N3/c1-16-10-12(9-15-16)13(14)8-7-11-5-3-2-4-6-11/h2-6,9-10,13H,7-8,14H2,1H3. The van der Waals surface area contributed by atoms with Gasteiger partial charge in [-0.05, 0) is 18.4 Å². The summed E-state index contributed by atoms with van der Waals surface area (Å²) in [6.07, 6.45) is 5.79. The van der Waals surface area contributed by atoms with E-state index in [1.54, 1.807) is 4.68 Å². The highest BCUT2D eigenvalue weighted by Gasteiger charge is 2.07. The number of benzene rings is 1. The van der Waals surface area contributed by atoms with Crippen LogP contribution in [-0.4, -0.2) is 9.78 Å². The molecule has 0 saturated carbocycles. The lowest BCUT2D eigenvalue weighted by Crippen LogP contribution is -2.10. The summed E-state index contributed by atoms with van der Waals surface area (Å²) in [6, 6.07) is 10.5. The van der Waals surface area contributed by atoms with Crippen molar-refractivity contribution in [2.45, 2.75) is 18.9 Å². The van der Waals surface area contributed by atoms with Gasteiger partial charge < -0.3 is 5.73 Å². The third-order valence-corrected chi connectivity index (χ3v) is 2.74. The molecule has 0 aliphatic rings. The van der Waals surface area contributed by atoms with Crippen molar-refractivity contribution in [1.82, 2.24) is 9.78 Å². The zero-order valence-corrected chi connectivity index (χ0v) is 9.50. The van der Waals surface area contributed by atoms with Gasteiger partial charge in [-0.15, -0.1) is 0 Å². The van der Waals surface area contributed by atoms with Crippen LogP contribution in [0.15, 0.2) is 42.7 Å². The normalized spacial score (nSPS) is 12.6. The van der Waals surface area contributed by atoms with E-state index < -0.39 is 0 Å². The number of aromatic nitrogens is 2. The van der Waals surface area contributed by atoms with Gasteiger partial charge in [0, 0.05) is 24.8 Å². The Morgan fingerprint density at radius 1 is 1.31 bits per heavy atom. The van der Waals surface area contributed by atoms with Crippen molar-refractivity contribution < 1.29 is 0 Å². The second-order valence-corrected chi connectivity index (χ2v) is 4.08. The summed E-state index contributed by atoms with van der Waals surface area (Å²) in [4.78, 5) is 0. The Morgan fingerprint density at radius 2 is 2.06 bits per heavy atom. The quantitative estimate of drug-likeness (QED) is 0.848. The van der Waals surface area contributed by atoms with E-state index >= 15 is 0 Å². The van der Waals surface area contributed by atoms with E-state index in [9.17, 15) is 0 Å². The van der Waals surface area contributed by atoms with Crippen molar-refractivity contribution in [1.29, 1.82) is 0 Å². The van der Waals surface area contributed by atoms with Gasteiger partial charge in [-0.2, -0.15) is 5.10 Å². The first-order chi connectivity index (χ1) is 7.75. The summed E-state index contributed by atoms with van der Waals surface area (Å²) in [5.74, 6) is 0. The maximum absolute atomic E-state index is 6.10. The minimum absolute atomic E-state index is 0.0777. The first kappa shape index (κ1) is 10.9. The second-order valence-electron chi connectivity index (χ2n) is 4.08. The van der Waals surface area contributed by atoms with E-state index in [1.165, 1.54) is 5.56 Å². The van der Waals surface area contributed by atoms with Crippen molar-refractivity contribution in [3.63, 3.8) is 0 Å². The molecule has 1 aromatic carbocycles. The molecule has 0 bridgehead atoms. The summed E-state index contributed by atoms with van der Waals surface area (Å²) < 4.78 is 1.79. The van der Waals surface area contributed by atoms with Gasteiger partial charge in [0.15, 0.2) is 0 Å². The van der Waals surface area contributed by atoms with E-state index in [4.69, 9.17) is 5.73 Å². The third kappa shape index (κ3) is 2.70. The van der Waals surface area contributed by atoms with Gasteiger partial charge >= 0.3 is 0 Å². The molecule has 2 N–H and O–H groups in total. The Balaban J connectivity index is 1.91. The Labute approximate surface area is 95.9 Å². The predicted molar refractivity (Wildman–Crippen MR) is 64.9 cm³/mol. The lowest BCUT2D eigenvalue weighted by atomic mass is 10.0. The summed E-state index contributed by atoms with van der Waals surface area (Å²) in [5.41, 5.74) is 8.55. The van der Waals surface area contributed by atoms with Gasteiger partial charge in [-0.3, -0.25) is 4.68 Å². The lowest BCUT2D eigenvalue weighted by molar-refractivity contribution is 0.650. The lowest BCUT2D eigenvalue weighted by Gasteiger charge is -2.08. The molecule has 0 amide bonds. The molecule has 0 aliphatic carbocycles. The molecule has 0 fully saturated rings. The molecular weight excluding hydrogens is 198 g/mol. The Hall–Kier alpha value is -1.61. The Bertz CT molecular complexity index is 433. The maximum atomic E-state index is 6.10. The zero-order valence-electron chi connectivity index (χ0n) is 9.50. The van der Waals surface area contributed by atoms with Crippen LogP contribution in [0.4, 0.5) is 0 Å². The number of hydrogen-bond donors (Lipinski definition) is 1. The summed E-state index contributed by atoms with van der Waals surface area (Å²) >= 11 is 0. The highest BCUT2D eigenvalue weighted by atomic mass is 15.2. The number of nitrogens with two attached hydrogens (primary N) is 1. The third-order valence-electron chi connectivity index (χ3n) is 2.74. The van der Waals surface area contributed by atoms with E-state index in [2.05, 4.69) is 29.4 Å². The van der Waals surface area contributed by atoms with Crippen LogP contribution in [0.1, 0.15) is 23.6 Å². The fraction of sp³-hybridized carbons (Fsp3) is 0.308. The van der Waals surface area contributed by atoms with Crippen LogP contribution in [0.25, 0.3) is 0 Å². The number of nitrogens with zero attached hydrogens (tertiary/aromatic N) is 2. The smallest absolute Gasteiger partial charge is 0.0537 e. The zero-order chi connectivity index (χ0) is 11.4. The predicted octanol–water partition coefficient (Wildman–Crippen LogP) is 2.05. The van der Waals surface area contributed by atoms with Crippen LogP contribution in [-0.2, 0) is 13.5 Å². The highest BCUT2D eigenvalue weighted by Crippen LogP contribution is 2.15. The average Bonchev–Trinajstić information content (AvgIpc) is 2.74. The summed E-state index contributed by atoms with van der Waals surface area (Å²) in [6.45, 7) is 0. The summed E-state index contributed by atoms with van der Waals surface area (Å²) in [5, 5.41) is 4.13. The van der Waals surface area contributed by atoms with Crippen LogP contribution in [0.2, 0.25) is 0 Å². The van der Waals surface area contributed by atoms with E-state index in [0.717, 1.165) is 18.4 Å².